The molecule has 0 radical (unpaired) electrons. The number of benzene rings is 1. The normalized spacial score (nSPS) is 12.2. The van der Waals surface area contributed by atoms with Crippen molar-refractivity contribution in [3.05, 3.63) is 29.0 Å². The molecule has 15 heavy (non-hydrogen) atoms. The Morgan fingerprint density at radius 2 is 2.33 bits per heavy atom. The zero-order valence-electron chi connectivity index (χ0n) is 8.13. The molecule has 82 valence electrons. The Morgan fingerprint density at radius 3 is 2.87 bits per heavy atom. The van der Waals surface area contributed by atoms with E-state index in [1.807, 2.05) is 0 Å². The van der Waals surface area contributed by atoms with E-state index in [1.54, 1.807) is 6.92 Å². The van der Waals surface area contributed by atoms with Crippen LogP contribution < -0.4 is 5.32 Å². The fourth-order valence-corrected chi connectivity index (χ4v) is 1.22. The lowest BCUT2D eigenvalue weighted by Gasteiger charge is -2.10. The van der Waals surface area contributed by atoms with Gasteiger partial charge in [0.2, 0.25) is 0 Å². The third-order valence-corrected chi connectivity index (χ3v) is 2.26. The first-order chi connectivity index (χ1) is 7.00. The van der Waals surface area contributed by atoms with Crippen molar-refractivity contribution in [1.29, 1.82) is 0 Å². The van der Waals surface area contributed by atoms with Crippen LogP contribution in [-0.4, -0.2) is 17.6 Å². The fourth-order valence-electron chi connectivity index (χ4n) is 0.983. The number of carboxylic acid groups (broad SMARTS) is 1. The van der Waals surface area contributed by atoms with E-state index in [-0.39, 0.29) is 11.6 Å². The maximum atomic E-state index is 12.7. The van der Waals surface area contributed by atoms with E-state index in [1.165, 1.54) is 18.2 Å². The van der Waals surface area contributed by atoms with Gasteiger partial charge in [-0.1, -0.05) is 18.5 Å². The van der Waals surface area contributed by atoms with Crippen molar-refractivity contribution in [3.63, 3.8) is 0 Å². The highest BCUT2D eigenvalue weighted by Crippen LogP contribution is 2.22. The average molecular weight is 232 g/mol. The molecule has 0 fully saturated rings. The SMILES string of the molecule is CC(CNc1ccc(F)cc1Cl)C(=O)O. The molecule has 1 atom stereocenters. The molecule has 0 aliphatic heterocycles. The van der Waals surface area contributed by atoms with Crippen molar-refractivity contribution in [3.8, 4) is 0 Å². The molecule has 1 rings (SSSR count). The summed E-state index contributed by atoms with van der Waals surface area (Å²) in [5.74, 6) is -1.83. The van der Waals surface area contributed by atoms with Crippen molar-refractivity contribution in [2.45, 2.75) is 6.92 Å². The molecule has 0 amide bonds. The lowest BCUT2D eigenvalue weighted by atomic mass is 10.2. The summed E-state index contributed by atoms with van der Waals surface area (Å²) in [6.07, 6.45) is 0. The predicted molar refractivity (Wildman–Crippen MR) is 56.7 cm³/mol. The van der Waals surface area contributed by atoms with Crippen LogP contribution in [0.2, 0.25) is 5.02 Å². The van der Waals surface area contributed by atoms with E-state index in [4.69, 9.17) is 16.7 Å². The molecular weight excluding hydrogens is 221 g/mol. The van der Waals surface area contributed by atoms with Crippen molar-refractivity contribution < 1.29 is 14.3 Å². The summed E-state index contributed by atoms with van der Waals surface area (Å²) in [5, 5.41) is 11.7. The van der Waals surface area contributed by atoms with Gasteiger partial charge < -0.3 is 10.4 Å². The summed E-state index contributed by atoms with van der Waals surface area (Å²) in [6.45, 7) is 1.83. The maximum Gasteiger partial charge on any atom is 0.308 e. The Bertz CT molecular complexity index is 370. The second kappa shape index (κ2) is 4.98. The number of halogens is 2. The predicted octanol–water partition coefficient (Wildman–Crippen LogP) is 2.61. The molecule has 0 saturated carbocycles. The second-order valence-electron chi connectivity index (χ2n) is 3.24. The summed E-state index contributed by atoms with van der Waals surface area (Å²) >= 11 is 5.74. The van der Waals surface area contributed by atoms with Gasteiger partial charge in [-0.25, -0.2) is 4.39 Å². The lowest BCUT2D eigenvalue weighted by molar-refractivity contribution is -0.140. The van der Waals surface area contributed by atoms with Gasteiger partial charge in [0, 0.05) is 6.54 Å². The fraction of sp³-hybridized carbons (Fsp3) is 0.300. The number of hydrogen-bond acceptors (Lipinski definition) is 2. The molecule has 3 nitrogen and oxygen atoms in total. The molecule has 1 unspecified atom stereocenters. The van der Waals surface area contributed by atoms with E-state index in [0.29, 0.717) is 5.69 Å². The molecule has 1 aromatic rings. The molecule has 0 aliphatic rings. The van der Waals surface area contributed by atoms with Crippen LogP contribution in [0.4, 0.5) is 10.1 Å². The van der Waals surface area contributed by atoms with E-state index >= 15 is 0 Å². The Hall–Kier alpha value is -1.29. The smallest absolute Gasteiger partial charge is 0.308 e. The highest BCUT2D eigenvalue weighted by atomic mass is 35.5. The summed E-state index contributed by atoms with van der Waals surface area (Å²) < 4.78 is 12.7. The molecule has 0 aromatic heterocycles. The van der Waals surface area contributed by atoms with Gasteiger partial charge >= 0.3 is 5.97 Å². The maximum absolute atomic E-state index is 12.7. The number of carbonyl (C=O) groups is 1. The molecule has 0 bridgehead atoms. The van der Waals surface area contributed by atoms with Crippen LogP contribution in [0.3, 0.4) is 0 Å². The topological polar surface area (TPSA) is 49.3 Å². The van der Waals surface area contributed by atoms with E-state index in [2.05, 4.69) is 5.32 Å². The molecular formula is C10H11ClFNO2. The van der Waals surface area contributed by atoms with Crippen LogP contribution in [0, 0.1) is 11.7 Å². The third kappa shape index (κ3) is 3.40. The van der Waals surface area contributed by atoms with Crippen molar-refractivity contribution >= 4 is 23.3 Å². The van der Waals surface area contributed by atoms with Crippen molar-refractivity contribution in [1.82, 2.24) is 0 Å². The van der Waals surface area contributed by atoms with Crippen LogP contribution in [0.1, 0.15) is 6.92 Å². The van der Waals surface area contributed by atoms with Crippen LogP contribution in [0.15, 0.2) is 18.2 Å². The van der Waals surface area contributed by atoms with Gasteiger partial charge in [-0.3, -0.25) is 4.79 Å². The van der Waals surface area contributed by atoms with Crippen LogP contribution >= 0.6 is 11.6 Å². The summed E-state index contributed by atoms with van der Waals surface area (Å²) in [4.78, 5) is 10.5. The highest BCUT2D eigenvalue weighted by Gasteiger charge is 2.11. The van der Waals surface area contributed by atoms with Gasteiger partial charge in [0.15, 0.2) is 0 Å². The Labute approximate surface area is 91.9 Å². The number of nitrogens with one attached hydrogen (secondary N) is 1. The summed E-state index contributed by atoms with van der Waals surface area (Å²) in [7, 11) is 0. The first kappa shape index (κ1) is 11.8. The number of rotatable bonds is 4. The molecule has 1 aromatic carbocycles. The van der Waals surface area contributed by atoms with Crippen molar-refractivity contribution in [2.75, 3.05) is 11.9 Å². The first-order valence-corrected chi connectivity index (χ1v) is 4.80. The van der Waals surface area contributed by atoms with Gasteiger partial charge in [0.05, 0.1) is 16.6 Å². The number of carboxylic acids is 1. The Kier molecular flexibility index (Phi) is 3.91. The lowest BCUT2D eigenvalue weighted by Crippen LogP contribution is -2.19. The molecule has 0 spiro atoms. The summed E-state index contributed by atoms with van der Waals surface area (Å²) in [6, 6.07) is 3.92. The van der Waals surface area contributed by atoms with Gasteiger partial charge in [-0.15, -0.1) is 0 Å². The van der Waals surface area contributed by atoms with E-state index < -0.39 is 17.7 Å². The van der Waals surface area contributed by atoms with Gasteiger partial charge in [0.1, 0.15) is 5.82 Å². The highest BCUT2D eigenvalue weighted by molar-refractivity contribution is 6.33. The molecule has 2 N–H and O–H groups in total. The minimum Gasteiger partial charge on any atom is -0.481 e. The second-order valence-corrected chi connectivity index (χ2v) is 3.65. The minimum atomic E-state index is -0.888. The van der Waals surface area contributed by atoms with Crippen LogP contribution in [0.25, 0.3) is 0 Å². The monoisotopic (exact) mass is 231 g/mol. The van der Waals surface area contributed by atoms with Crippen LogP contribution in [-0.2, 0) is 4.79 Å². The van der Waals surface area contributed by atoms with Crippen LogP contribution in [0.5, 0.6) is 0 Å². The molecule has 0 saturated heterocycles. The Morgan fingerprint density at radius 1 is 1.67 bits per heavy atom. The Balaban J connectivity index is 2.62. The molecule has 0 heterocycles. The molecule has 5 heteroatoms. The first-order valence-electron chi connectivity index (χ1n) is 4.42. The van der Waals surface area contributed by atoms with Gasteiger partial charge in [-0.05, 0) is 18.2 Å². The third-order valence-electron chi connectivity index (χ3n) is 1.95. The quantitative estimate of drug-likeness (QED) is 0.838. The van der Waals surface area contributed by atoms with E-state index in [9.17, 15) is 9.18 Å². The molecule has 0 aliphatic carbocycles. The number of anilines is 1. The zero-order valence-corrected chi connectivity index (χ0v) is 8.88. The largest absolute Gasteiger partial charge is 0.481 e. The number of hydrogen-bond donors (Lipinski definition) is 2. The van der Waals surface area contributed by atoms with Gasteiger partial charge in [-0.2, -0.15) is 0 Å². The minimum absolute atomic E-state index is 0.243. The standard InChI is InChI=1S/C10H11ClFNO2/c1-6(10(14)15)5-13-9-3-2-7(12)4-8(9)11/h2-4,6,13H,5H2,1H3,(H,14,15). The summed E-state index contributed by atoms with van der Waals surface area (Å²) in [5.41, 5.74) is 0.533. The average Bonchev–Trinajstić information content (AvgIpc) is 2.15. The van der Waals surface area contributed by atoms with Crippen molar-refractivity contribution in [2.24, 2.45) is 5.92 Å². The van der Waals surface area contributed by atoms with E-state index in [0.717, 1.165) is 0 Å². The zero-order chi connectivity index (χ0) is 11.4. The number of aliphatic carboxylic acids is 1. The van der Waals surface area contributed by atoms with Gasteiger partial charge in [0.25, 0.3) is 0 Å².